The molecule has 0 saturated carbocycles. The lowest BCUT2D eigenvalue weighted by Crippen LogP contribution is -2.20. The van der Waals surface area contributed by atoms with E-state index in [-0.39, 0.29) is 6.10 Å². The van der Waals surface area contributed by atoms with Crippen LogP contribution in [0.25, 0.3) is 0 Å². The summed E-state index contributed by atoms with van der Waals surface area (Å²) >= 11 is 0. The molecule has 0 radical (unpaired) electrons. The highest BCUT2D eigenvalue weighted by atomic mass is 16.5. The van der Waals surface area contributed by atoms with Gasteiger partial charge in [-0.3, -0.25) is 0 Å². The second-order valence-electron chi connectivity index (χ2n) is 5.53. The standard InChI is InChI=1S/C14H26O3/c15-14(13-7-10-17-11-13)4-2-1-3-12-5-8-16-9-6-12/h12-15H,1-11H2. The first-order chi connectivity index (χ1) is 8.36. The molecule has 1 N–H and O–H groups in total. The van der Waals surface area contributed by atoms with Crippen molar-refractivity contribution in [3.8, 4) is 0 Å². The van der Waals surface area contributed by atoms with Crippen LogP contribution in [0.3, 0.4) is 0 Å². The largest absolute Gasteiger partial charge is 0.393 e. The highest BCUT2D eigenvalue weighted by molar-refractivity contribution is 4.73. The SMILES string of the molecule is OC(CCCCC1CCOCC1)C1CCOC1. The normalized spacial score (nSPS) is 28.4. The van der Waals surface area contributed by atoms with Crippen molar-refractivity contribution in [2.45, 2.75) is 51.0 Å². The Morgan fingerprint density at radius 3 is 2.47 bits per heavy atom. The summed E-state index contributed by atoms with van der Waals surface area (Å²) in [6.07, 6.45) is 8.07. The fourth-order valence-electron chi connectivity index (χ4n) is 2.91. The fraction of sp³-hybridized carbons (Fsp3) is 1.00. The monoisotopic (exact) mass is 242 g/mol. The van der Waals surface area contributed by atoms with Crippen LogP contribution in [0.1, 0.15) is 44.9 Å². The molecule has 0 amide bonds. The van der Waals surface area contributed by atoms with E-state index < -0.39 is 0 Å². The van der Waals surface area contributed by atoms with Gasteiger partial charge in [-0.1, -0.05) is 19.3 Å². The van der Waals surface area contributed by atoms with Crippen molar-refractivity contribution in [2.24, 2.45) is 11.8 Å². The maximum atomic E-state index is 9.99. The third-order valence-corrected chi connectivity index (χ3v) is 4.21. The zero-order chi connectivity index (χ0) is 11.9. The van der Waals surface area contributed by atoms with Gasteiger partial charge in [0.1, 0.15) is 0 Å². The Balaban J connectivity index is 1.50. The van der Waals surface area contributed by atoms with Crippen LogP contribution in [0, 0.1) is 11.8 Å². The van der Waals surface area contributed by atoms with E-state index in [2.05, 4.69) is 0 Å². The van der Waals surface area contributed by atoms with Crippen molar-refractivity contribution in [1.29, 1.82) is 0 Å². The van der Waals surface area contributed by atoms with Gasteiger partial charge in [0.2, 0.25) is 0 Å². The zero-order valence-corrected chi connectivity index (χ0v) is 10.8. The predicted molar refractivity (Wildman–Crippen MR) is 66.9 cm³/mol. The molecule has 100 valence electrons. The van der Waals surface area contributed by atoms with E-state index in [1.54, 1.807) is 0 Å². The van der Waals surface area contributed by atoms with E-state index in [0.29, 0.717) is 5.92 Å². The maximum absolute atomic E-state index is 9.99. The number of aliphatic hydroxyl groups excluding tert-OH is 1. The van der Waals surface area contributed by atoms with Gasteiger partial charge in [0.25, 0.3) is 0 Å². The van der Waals surface area contributed by atoms with Gasteiger partial charge in [-0.25, -0.2) is 0 Å². The average molecular weight is 242 g/mol. The van der Waals surface area contributed by atoms with Gasteiger partial charge in [0.15, 0.2) is 0 Å². The summed E-state index contributed by atoms with van der Waals surface area (Å²) in [6.45, 7) is 3.50. The van der Waals surface area contributed by atoms with Gasteiger partial charge >= 0.3 is 0 Å². The van der Waals surface area contributed by atoms with Crippen molar-refractivity contribution >= 4 is 0 Å². The molecule has 2 aliphatic heterocycles. The molecule has 2 fully saturated rings. The van der Waals surface area contributed by atoms with Gasteiger partial charge in [0, 0.05) is 25.7 Å². The van der Waals surface area contributed by atoms with E-state index in [9.17, 15) is 5.11 Å². The molecule has 2 rings (SSSR count). The number of aliphatic hydroxyl groups is 1. The molecule has 2 unspecified atom stereocenters. The van der Waals surface area contributed by atoms with Crippen LogP contribution >= 0.6 is 0 Å². The summed E-state index contributed by atoms with van der Waals surface area (Å²) < 4.78 is 10.7. The van der Waals surface area contributed by atoms with Crippen molar-refractivity contribution in [2.75, 3.05) is 26.4 Å². The lowest BCUT2D eigenvalue weighted by Gasteiger charge is -2.22. The minimum atomic E-state index is -0.132. The van der Waals surface area contributed by atoms with Crippen molar-refractivity contribution in [3.05, 3.63) is 0 Å². The van der Waals surface area contributed by atoms with Crippen LogP contribution in [-0.4, -0.2) is 37.6 Å². The summed E-state index contributed by atoms with van der Waals surface area (Å²) in [4.78, 5) is 0. The van der Waals surface area contributed by atoms with E-state index in [4.69, 9.17) is 9.47 Å². The molecule has 2 heterocycles. The predicted octanol–water partition coefficient (Wildman–Crippen LogP) is 2.37. The molecule has 17 heavy (non-hydrogen) atoms. The molecule has 3 heteroatoms. The Morgan fingerprint density at radius 1 is 1.00 bits per heavy atom. The van der Waals surface area contributed by atoms with Crippen LogP contribution in [0.2, 0.25) is 0 Å². The summed E-state index contributed by atoms with van der Waals surface area (Å²) in [5.41, 5.74) is 0. The van der Waals surface area contributed by atoms with E-state index in [0.717, 1.165) is 51.6 Å². The molecule has 0 spiro atoms. The molecule has 0 aliphatic carbocycles. The minimum absolute atomic E-state index is 0.132. The zero-order valence-electron chi connectivity index (χ0n) is 10.8. The Bertz CT molecular complexity index is 196. The Labute approximate surface area is 104 Å². The molecule has 0 aromatic rings. The molecular weight excluding hydrogens is 216 g/mol. The molecule has 0 bridgehead atoms. The lowest BCUT2D eigenvalue weighted by molar-refractivity contribution is 0.0608. The van der Waals surface area contributed by atoms with Crippen LogP contribution < -0.4 is 0 Å². The smallest absolute Gasteiger partial charge is 0.0591 e. The second kappa shape index (κ2) is 7.34. The van der Waals surface area contributed by atoms with Crippen LogP contribution in [0.5, 0.6) is 0 Å². The first kappa shape index (κ1) is 13.3. The van der Waals surface area contributed by atoms with Crippen LogP contribution in [0.15, 0.2) is 0 Å². The minimum Gasteiger partial charge on any atom is -0.393 e. The average Bonchev–Trinajstić information content (AvgIpc) is 2.89. The van der Waals surface area contributed by atoms with Crippen molar-refractivity contribution in [1.82, 2.24) is 0 Å². The Morgan fingerprint density at radius 2 is 1.76 bits per heavy atom. The van der Waals surface area contributed by atoms with Gasteiger partial charge in [-0.2, -0.15) is 0 Å². The number of ether oxygens (including phenoxy) is 2. The number of unbranched alkanes of at least 4 members (excludes halogenated alkanes) is 1. The summed E-state index contributed by atoms with van der Waals surface area (Å²) in [6, 6.07) is 0. The Kier molecular flexibility index (Phi) is 5.75. The first-order valence-electron chi connectivity index (χ1n) is 7.20. The van der Waals surface area contributed by atoms with E-state index in [1.165, 1.54) is 25.7 Å². The highest BCUT2D eigenvalue weighted by Crippen LogP contribution is 2.24. The highest BCUT2D eigenvalue weighted by Gasteiger charge is 2.23. The van der Waals surface area contributed by atoms with Crippen LogP contribution in [-0.2, 0) is 9.47 Å². The summed E-state index contributed by atoms with van der Waals surface area (Å²) in [7, 11) is 0. The van der Waals surface area contributed by atoms with Crippen molar-refractivity contribution in [3.63, 3.8) is 0 Å². The quantitative estimate of drug-likeness (QED) is 0.727. The molecule has 0 aromatic carbocycles. The summed E-state index contributed by atoms with van der Waals surface area (Å²) in [5.74, 6) is 1.27. The first-order valence-corrected chi connectivity index (χ1v) is 7.20. The van der Waals surface area contributed by atoms with Crippen molar-refractivity contribution < 1.29 is 14.6 Å². The number of hydrogen-bond donors (Lipinski definition) is 1. The summed E-state index contributed by atoms with van der Waals surface area (Å²) in [5, 5.41) is 9.99. The van der Waals surface area contributed by atoms with Gasteiger partial charge in [0.05, 0.1) is 12.7 Å². The third-order valence-electron chi connectivity index (χ3n) is 4.21. The van der Waals surface area contributed by atoms with E-state index >= 15 is 0 Å². The molecule has 0 aromatic heterocycles. The molecule has 2 aliphatic rings. The molecule has 2 atom stereocenters. The number of rotatable bonds is 6. The van der Waals surface area contributed by atoms with Gasteiger partial charge in [-0.15, -0.1) is 0 Å². The number of hydrogen-bond acceptors (Lipinski definition) is 3. The van der Waals surface area contributed by atoms with Crippen LogP contribution in [0.4, 0.5) is 0 Å². The molecule has 3 nitrogen and oxygen atoms in total. The molecular formula is C14H26O3. The topological polar surface area (TPSA) is 38.7 Å². The fourth-order valence-corrected chi connectivity index (χ4v) is 2.91. The van der Waals surface area contributed by atoms with E-state index in [1.807, 2.05) is 0 Å². The Hall–Kier alpha value is -0.120. The molecule has 2 saturated heterocycles. The maximum Gasteiger partial charge on any atom is 0.0591 e. The second-order valence-corrected chi connectivity index (χ2v) is 5.53. The lowest BCUT2D eigenvalue weighted by atomic mass is 9.92. The van der Waals surface area contributed by atoms with Gasteiger partial charge < -0.3 is 14.6 Å². The van der Waals surface area contributed by atoms with Gasteiger partial charge in [-0.05, 0) is 31.6 Å². The third kappa shape index (κ3) is 4.57.